The van der Waals surface area contributed by atoms with Crippen LogP contribution in [0.25, 0.3) is 11.4 Å². The Labute approximate surface area is 197 Å². The van der Waals surface area contributed by atoms with Crippen LogP contribution in [0.15, 0.2) is 48.5 Å². The fourth-order valence-electron chi connectivity index (χ4n) is 4.30. The molecule has 1 fully saturated rings. The first-order chi connectivity index (χ1) is 16.2. The molecule has 8 heteroatoms. The van der Waals surface area contributed by atoms with Crippen molar-refractivity contribution in [2.75, 3.05) is 31.1 Å². The number of halogens is 3. The molecule has 0 aliphatic carbocycles. The summed E-state index contributed by atoms with van der Waals surface area (Å²) >= 11 is 0. The van der Waals surface area contributed by atoms with Crippen molar-refractivity contribution in [1.29, 1.82) is 0 Å². The van der Waals surface area contributed by atoms with Crippen LogP contribution in [0.4, 0.5) is 19.0 Å². The molecule has 1 saturated heterocycles. The number of carbonyl (C=O) groups is 1. The van der Waals surface area contributed by atoms with E-state index in [0.29, 0.717) is 43.1 Å². The van der Waals surface area contributed by atoms with E-state index in [9.17, 15) is 18.0 Å². The van der Waals surface area contributed by atoms with Crippen LogP contribution in [0.1, 0.15) is 39.7 Å². The molecule has 0 radical (unpaired) electrons. The highest BCUT2D eigenvalue weighted by molar-refractivity contribution is 5.95. The summed E-state index contributed by atoms with van der Waals surface area (Å²) in [6.07, 6.45) is -3.65. The molecule has 0 atom stereocenters. The highest BCUT2D eigenvalue weighted by atomic mass is 19.4. The molecule has 34 heavy (non-hydrogen) atoms. The van der Waals surface area contributed by atoms with Crippen molar-refractivity contribution in [3.8, 4) is 11.4 Å². The first kappa shape index (κ1) is 23.7. The molecule has 1 amide bonds. The molecule has 2 heterocycles. The third kappa shape index (κ3) is 4.76. The second-order valence-corrected chi connectivity index (χ2v) is 8.46. The van der Waals surface area contributed by atoms with Crippen LogP contribution in [0.3, 0.4) is 0 Å². The van der Waals surface area contributed by atoms with E-state index in [4.69, 9.17) is 4.98 Å². The van der Waals surface area contributed by atoms with Crippen LogP contribution in [0.2, 0.25) is 0 Å². The molecule has 2 aromatic carbocycles. The summed E-state index contributed by atoms with van der Waals surface area (Å²) in [6.45, 7) is 8.23. The predicted molar refractivity (Wildman–Crippen MR) is 126 cm³/mol. The first-order valence-corrected chi connectivity index (χ1v) is 11.3. The van der Waals surface area contributed by atoms with E-state index >= 15 is 0 Å². The number of aromatic nitrogens is 2. The number of rotatable bonds is 4. The molecule has 3 aromatic rings. The van der Waals surface area contributed by atoms with Gasteiger partial charge in [0.05, 0.1) is 5.56 Å². The molecular formula is C26H27F3N4O. The summed E-state index contributed by atoms with van der Waals surface area (Å²) in [4.78, 5) is 26.3. The molecule has 0 N–H and O–H groups in total. The van der Waals surface area contributed by atoms with Crippen LogP contribution in [-0.2, 0) is 12.6 Å². The summed E-state index contributed by atoms with van der Waals surface area (Å²) in [5, 5.41) is 0. The second-order valence-electron chi connectivity index (χ2n) is 8.46. The molecule has 178 valence electrons. The number of hydrogen-bond acceptors (Lipinski definition) is 4. The highest BCUT2D eigenvalue weighted by Gasteiger charge is 2.30. The predicted octanol–water partition coefficient (Wildman–Crippen LogP) is 5.30. The van der Waals surface area contributed by atoms with Crippen molar-refractivity contribution >= 4 is 11.7 Å². The summed E-state index contributed by atoms with van der Waals surface area (Å²) in [5.41, 5.74) is 3.32. The van der Waals surface area contributed by atoms with E-state index in [1.807, 2.05) is 49.9 Å². The average molecular weight is 469 g/mol. The van der Waals surface area contributed by atoms with Gasteiger partial charge in [0.1, 0.15) is 5.82 Å². The van der Waals surface area contributed by atoms with E-state index in [1.165, 1.54) is 12.1 Å². The van der Waals surface area contributed by atoms with Gasteiger partial charge in [-0.2, -0.15) is 13.2 Å². The lowest BCUT2D eigenvalue weighted by Gasteiger charge is -2.36. The maximum Gasteiger partial charge on any atom is 0.416 e. The number of benzene rings is 2. The van der Waals surface area contributed by atoms with E-state index in [1.54, 1.807) is 0 Å². The summed E-state index contributed by atoms with van der Waals surface area (Å²) < 4.78 is 38.8. The van der Waals surface area contributed by atoms with Gasteiger partial charge < -0.3 is 9.80 Å². The SMILES string of the molecule is CCc1c(C)nc(-c2ccc(C(F)(F)F)cc2)nc1N1CCN(C(=O)c2ccccc2C)CC1. The van der Waals surface area contributed by atoms with Crippen LogP contribution < -0.4 is 4.90 Å². The lowest BCUT2D eigenvalue weighted by molar-refractivity contribution is -0.137. The standard InChI is InChI=1S/C26H27F3N4O/c1-4-21-18(3)30-23(19-9-11-20(12-10-19)26(27,28)29)31-24(21)32-13-15-33(16-14-32)25(34)22-8-6-5-7-17(22)2/h5-12H,4,13-16H2,1-3H3. The van der Waals surface area contributed by atoms with Crippen LogP contribution in [0.5, 0.6) is 0 Å². The van der Waals surface area contributed by atoms with Crippen LogP contribution in [0, 0.1) is 13.8 Å². The van der Waals surface area contributed by atoms with Gasteiger partial charge in [-0.1, -0.05) is 37.3 Å². The smallest absolute Gasteiger partial charge is 0.353 e. The number of hydrogen-bond donors (Lipinski definition) is 0. The molecule has 1 aliphatic heterocycles. The number of alkyl halides is 3. The molecule has 0 spiro atoms. The van der Waals surface area contributed by atoms with Crippen molar-refractivity contribution in [3.63, 3.8) is 0 Å². The van der Waals surface area contributed by atoms with Gasteiger partial charge in [0.15, 0.2) is 5.82 Å². The molecular weight excluding hydrogens is 441 g/mol. The normalized spacial score (nSPS) is 14.4. The number of amides is 1. The van der Waals surface area contributed by atoms with Gasteiger partial charge in [-0.3, -0.25) is 4.79 Å². The zero-order valence-corrected chi connectivity index (χ0v) is 19.5. The van der Waals surface area contributed by atoms with E-state index in [2.05, 4.69) is 9.88 Å². The lowest BCUT2D eigenvalue weighted by atomic mass is 10.1. The number of aryl methyl sites for hydroxylation is 2. The Morgan fingerprint density at radius 3 is 2.18 bits per heavy atom. The lowest BCUT2D eigenvalue weighted by Crippen LogP contribution is -2.49. The fraction of sp³-hybridized carbons (Fsp3) is 0.346. The Hall–Kier alpha value is -3.42. The van der Waals surface area contributed by atoms with Gasteiger partial charge in [-0.15, -0.1) is 0 Å². The average Bonchev–Trinajstić information content (AvgIpc) is 2.83. The Morgan fingerprint density at radius 2 is 1.59 bits per heavy atom. The Balaban J connectivity index is 1.57. The minimum Gasteiger partial charge on any atom is -0.353 e. The van der Waals surface area contributed by atoms with Gasteiger partial charge in [-0.05, 0) is 44.0 Å². The van der Waals surface area contributed by atoms with Gasteiger partial charge in [-0.25, -0.2) is 9.97 Å². The molecule has 4 rings (SSSR count). The molecule has 0 bridgehead atoms. The number of anilines is 1. The molecule has 0 unspecified atom stereocenters. The van der Waals surface area contributed by atoms with Gasteiger partial charge in [0.25, 0.3) is 5.91 Å². The zero-order chi connectivity index (χ0) is 24.5. The largest absolute Gasteiger partial charge is 0.416 e. The van der Waals surface area contributed by atoms with E-state index < -0.39 is 11.7 Å². The Morgan fingerprint density at radius 1 is 0.941 bits per heavy atom. The zero-order valence-electron chi connectivity index (χ0n) is 19.5. The van der Waals surface area contributed by atoms with Crippen molar-refractivity contribution in [1.82, 2.24) is 14.9 Å². The van der Waals surface area contributed by atoms with Gasteiger partial charge >= 0.3 is 6.18 Å². The monoisotopic (exact) mass is 468 g/mol. The summed E-state index contributed by atoms with van der Waals surface area (Å²) in [6, 6.07) is 12.5. The topological polar surface area (TPSA) is 49.3 Å². The van der Waals surface area contributed by atoms with Crippen molar-refractivity contribution in [2.24, 2.45) is 0 Å². The number of nitrogens with zero attached hydrogens (tertiary/aromatic N) is 4. The number of piperazine rings is 1. The molecule has 0 saturated carbocycles. The van der Waals surface area contributed by atoms with E-state index in [-0.39, 0.29) is 5.91 Å². The van der Waals surface area contributed by atoms with Crippen LogP contribution in [-0.4, -0.2) is 47.0 Å². The molecule has 1 aromatic heterocycles. The number of carbonyl (C=O) groups excluding carboxylic acids is 1. The highest BCUT2D eigenvalue weighted by Crippen LogP contribution is 2.32. The van der Waals surface area contributed by atoms with E-state index in [0.717, 1.165) is 41.2 Å². The third-order valence-electron chi connectivity index (χ3n) is 6.26. The van der Waals surface area contributed by atoms with Gasteiger partial charge in [0, 0.05) is 48.6 Å². The minimum absolute atomic E-state index is 0.0257. The van der Waals surface area contributed by atoms with Crippen LogP contribution >= 0.6 is 0 Å². The maximum atomic E-state index is 13.0. The fourth-order valence-corrected chi connectivity index (χ4v) is 4.30. The first-order valence-electron chi connectivity index (χ1n) is 11.3. The van der Waals surface area contributed by atoms with Crippen molar-refractivity contribution in [3.05, 3.63) is 76.5 Å². The second kappa shape index (κ2) is 9.44. The third-order valence-corrected chi connectivity index (χ3v) is 6.26. The summed E-state index contributed by atoms with van der Waals surface area (Å²) in [7, 11) is 0. The Bertz CT molecular complexity index is 1180. The quantitative estimate of drug-likeness (QED) is 0.521. The van der Waals surface area contributed by atoms with Gasteiger partial charge in [0.2, 0.25) is 0 Å². The Kier molecular flexibility index (Phi) is 6.59. The maximum absolute atomic E-state index is 13.0. The summed E-state index contributed by atoms with van der Waals surface area (Å²) in [5.74, 6) is 1.21. The minimum atomic E-state index is -4.39. The molecule has 1 aliphatic rings. The van der Waals surface area contributed by atoms with Crippen molar-refractivity contribution < 1.29 is 18.0 Å². The molecule has 5 nitrogen and oxygen atoms in total. The van der Waals surface area contributed by atoms with Crippen molar-refractivity contribution in [2.45, 2.75) is 33.4 Å².